The lowest BCUT2D eigenvalue weighted by Crippen LogP contribution is -2.22. The molecule has 0 radical (unpaired) electrons. The van der Waals surface area contributed by atoms with Gasteiger partial charge in [-0.25, -0.2) is 13.9 Å². The minimum absolute atomic E-state index is 0.0101. The first kappa shape index (κ1) is 20.1. The van der Waals surface area contributed by atoms with Gasteiger partial charge in [0.2, 0.25) is 0 Å². The van der Waals surface area contributed by atoms with Crippen molar-refractivity contribution in [1.29, 1.82) is 0 Å². The molecule has 0 aliphatic carbocycles. The number of hydrogen-bond donors (Lipinski definition) is 2. The fraction of sp³-hybridized carbons (Fsp3) is 0.158. The molecule has 1 aromatic carbocycles. The molecule has 150 valence electrons. The van der Waals surface area contributed by atoms with E-state index in [2.05, 4.69) is 10.4 Å². The quantitative estimate of drug-likeness (QED) is 0.604. The number of nitrogens with two attached hydrogens (primary N) is 1. The van der Waals surface area contributed by atoms with Gasteiger partial charge in [0.15, 0.2) is 11.6 Å². The summed E-state index contributed by atoms with van der Waals surface area (Å²) in [5.74, 6) is -0.889. The molecule has 1 aliphatic rings. The number of fused-ring (bicyclic) bond motifs is 1. The summed E-state index contributed by atoms with van der Waals surface area (Å²) >= 11 is 0. The maximum absolute atomic E-state index is 14.6. The Hall–Kier alpha value is -3.65. The average Bonchev–Trinajstić information content (AvgIpc) is 3.07. The lowest BCUT2D eigenvalue weighted by atomic mass is 10.00. The predicted molar refractivity (Wildman–Crippen MR) is 97.7 cm³/mol. The van der Waals surface area contributed by atoms with E-state index in [9.17, 15) is 27.2 Å². The van der Waals surface area contributed by atoms with E-state index < -0.39 is 34.9 Å². The Morgan fingerprint density at radius 2 is 1.97 bits per heavy atom. The highest BCUT2D eigenvalue weighted by Crippen LogP contribution is 2.39. The number of allylic oxidation sites excluding steroid dienone is 1. The van der Waals surface area contributed by atoms with Crippen LogP contribution < -0.4 is 11.1 Å². The first-order chi connectivity index (χ1) is 13.6. The first-order valence-electron chi connectivity index (χ1n) is 8.23. The van der Waals surface area contributed by atoms with Crippen molar-refractivity contribution < 1.29 is 27.2 Å². The number of alkyl halides is 3. The molecule has 1 aliphatic heterocycles. The fourth-order valence-corrected chi connectivity index (χ4v) is 2.98. The molecule has 3 N–H and O–H groups in total. The Morgan fingerprint density at radius 1 is 1.28 bits per heavy atom. The number of carbonyl (C=O) groups excluding carboxylic acids is 2. The Kier molecular flexibility index (Phi) is 4.90. The maximum atomic E-state index is 14.6. The van der Waals surface area contributed by atoms with Gasteiger partial charge in [0.1, 0.15) is 22.8 Å². The monoisotopic (exact) mass is 406 g/mol. The summed E-state index contributed by atoms with van der Waals surface area (Å²) in [6, 6.07) is 4.20. The third-order valence-corrected chi connectivity index (χ3v) is 4.21. The number of nitrogens with zero attached hydrogens (tertiary/aromatic N) is 2. The molecule has 6 nitrogen and oxygen atoms in total. The maximum Gasteiger partial charge on any atom is 0.434 e. The van der Waals surface area contributed by atoms with Crippen LogP contribution in [0.3, 0.4) is 0 Å². The van der Waals surface area contributed by atoms with E-state index in [0.29, 0.717) is 4.68 Å². The zero-order valence-electron chi connectivity index (χ0n) is 15.2. The molecule has 29 heavy (non-hydrogen) atoms. The number of carbonyl (C=O) groups is 1. The van der Waals surface area contributed by atoms with Gasteiger partial charge in [0, 0.05) is 17.3 Å². The van der Waals surface area contributed by atoms with Gasteiger partial charge >= 0.3 is 6.18 Å². The summed E-state index contributed by atoms with van der Waals surface area (Å²) in [5, 5.41) is 6.38. The summed E-state index contributed by atoms with van der Waals surface area (Å²) in [4.78, 5) is 23.0. The summed E-state index contributed by atoms with van der Waals surface area (Å²) < 4.78 is 56.7. The summed E-state index contributed by atoms with van der Waals surface area (Å²) in [7, 11) is 0. The normalized spacial score (nSPS) is 12.8. The zero-order valence-corrected chi connectivity index (χ0v) is 15.2. The minimum Gasteiger partial charge on any atom is -0.365 e. The molecule has 0 unspecified atom stereocenters. The van der Waals surface area contributed by atoms with Gasteiger partial charge in [-0.2, -0.15) is 18.3 Å². The highest BCUT2D eigenvalue weighted by molar-refractivity contribution is 5.99. The number of nitrogens with one attached hydrogen (secondary N) is 1. The van der Waals surface area contributed by atoms with Crippen molar-refractivity contribution in [3.63, 3.8) is 0 Å². The SMILES string of the molecule is CC(C)=C(F)c1nn(-c2cccc3c2C=CNC3=C=O)c(C(F)(F)F)c1C(N)=O. The molecular formula is C19H14F4N4O2. The van der Waals surface area contributed by atoms with Crippen molar-refractivity contribution >= 4 is 29.4 Å². The second-order valence-electron chi connectivity index (χ2n) is 6.35. The standard InChI is InChI=1S/C19H14F4N4O2/c1-9(2)15(20)16-14(18(24)29)17(19(21,22)23)27(26-16)13-5-3-4-10-11(13)6-7-25-12(10)8-28/h3-7,25H,1-2H3,(H2,24,29). The topological polar surface area (TPSA) is 90.0 Å². The Bertz CT molecular complexity index is 1130. The number of aromatic nitrogens is 2. The Morgan fingerprint density at radius 3 is 2.52 bits per heavy atom. The number of amides is 1. The van der Waals surface area contributed by atoms with Gasteiger partial charge in [-0.1, -0.05) is 12.1 Å². The highest BCUT2D eigenvalue weighted by atomic mass is 19.4. The van der Waals surface area contributed by atoms with Crippen LogP contribution in [0, 0.1) is 0 Å². The number of primary amides is 1. The molecule has 0 saturated carbocycles. The van der Waals surface area contributed by atoms with Crippen LogP contribution in [0.25, 0.3) is 23.3 Å². The van der Waals surface area contributed by atoms with Gasteiger partial charge in [0.05, 0.1) is 5.69 Å². The van der Waals surface area contributed by atoms with Crippen LogP contribution in [0.2, 0.25) is 0 Å². The number of halogens is 4. The predicted octanol–water partition coefficient (Wildman–Crippen LogP) is 3.46. The van der Waals surface area contributed by atoms with E-state index in [0.717, 1.165) is 0 Å². The highest BCUT2D eigenvalue weighted by Gasteiger charge is 2.43. The van der Waals surface area contributed by atoms with Crippen molar-refractivity contribution in [2.24, 2.45) is 5.73 Å². The Labute approximate surface area is 162 Å². The first-order valence-corrected chi connectivity index (χ1v) is 8.23. The number of hydrogen-bond acceptors (Lipinski definition) is 4. The van der Waals surface area contributed by atoms with Gasteiger partial charge in [-0.05, 0) is 31.6 Å². The van der Waals surface area contributed by atoms with E-state index in [-0.39, 0.29) is 28.1 Å². The third-order valence-electron chi connectivity index (χ3n) is 4.21. The molecule has 0 spiro atoms. The van der Waals surface area contributed by atoms with Crippen LogP contribution in [-0.4, -0.2) is 21.6 Å². The molecule has 3 rings (SSSR count). The minimum atomic E-state index is -5.07. The van der Waals surface area contributed by atoms with Gasteiger partial charge in [-0.3, -0.25) is 4.79 Å². The summed E-state index contributed by atoms with van der Waals surface area (Å²) in [6.07, 6.45) is -2.30. The zero-order chi connectivity index (χ0) is 21.5. The van der Waals surface area contributed by atoms with Crippen molar-refractivity contribution in [3.8, 4) is 5.69 Å². The van der Waals surface area contributed by atoms with Gasteiger partial charge in [0.25, 0.3) is 5.91 Å². The molecule has 0 fully saturated rings. The lowest BCUT2D eigenvalue weighted by molar-refractivity contribution is -0.143. The molecule has 2 heterocycles. The van der Waals surface area contributed by atoms with E-state index in [1.54, 1.807) is 5.94 Å². The summed E-state index contributed by atoms with van der Waals surface area (Å²) in [5.41, 5.74) is 2.18. The lowest BCUT2D eigenvalue weighted by Gasteiger charge is -2.18. The van der Waals surface area contributed by atoms with Crippen LogP contribution in [0.5, 0.6) is 0 Å². The fourth-order valence-electron chi connectivity index (χ4n) is 2.98. The number of rotatable bonds is 3. The number of benzene rings is 1. The molecule has 0 bridgehead atoms. The van der Waals surface area contributed by atoms with Gasteiger partial charge in [-0.15, -0.1) is 0 Å². The van der Waals surface area contributed by atoms with Gasteiger partial charge < -0.3 is 11.1 Å². The van der Waals surface area contributed by atoms with E-state index in [1.165, 1.54) is 44.3 Å². The van der Waals surface area contributed by atoms with Crippen molar-refractivity contribution in [2.45, 2.75) is 20.0 Å². The molecule has 0 atom stereocenters. The Balaban J connectivity index is 2.46. The molecule has 2 aromatic rings. The van der Waals surface area contributed by atoms with Crippen LogP contribution in [0.4, 0.5) is 17.6 Å². The largest absolute Gasteiger partial charge is 0.434 e. The molecule has 10 heteroatoms. The molecule has 1 amide bonds. The van der Waals surface area contributed by atoms with E-state index >= 15 is 0 Å². The molecule has 1 aromatic heterocycles. The van der Waals surface area contributed by atoms with Crippen molar-refractivity contribution in [3.05, 3.63) is 58.1 Å². The smallest absolute Gasteiger partial charge is 0.365 e. The van der Waals surface area contributed by atoms with Crippen LogP contribution in [-0.2, 0) is 11.0 Å². The van der Waals surface area contributed by atoms with E-state index in [4.69, 9.17) is 5.73 Å². The second-order valence-corrected chi connectivity index (χ2v) is 6.35. The average molecular weight is 406 g/mol. The van der Waals surface area contributed by atoms with Crippen LogP contribution >= 0.6 is 0 Å². The van der Waals surface area contributed by atoms with Crippen LogP contribution in [0.15, 0.2) is 30.0 Å². The van der Waals surface area contributed by atoms with Crippen molar-refractivity contribution in [1.82, 2.24) is 15.1 Å². The van der Waals surface area contributed by atoms with Crippen LogP contribution in [0.1, 0.15) is 46.7 Å². The second kappa shape index (κ2) is 7.06. The van der Waals surface area contributed by atoms with E-state index in [1.807, 2.05) is 0 Å². The molecular weight excluding hydrogens is 392 g/mol. The van der Waals surface area contributed by atoms with Crippen molar-refractivity contribution in [2.75, 3.05) is 0 Å². The third kappa shape index (κ3) is 3.34. The summed E-state index contributed by atoms with van der Waals surface area (Å²) in [6.45, 7) is 2.65. The molecule has 0 saturated heterocycles.